The molecule has 6 heteroatoms. The molecule has 0 saturated heterocycles. The first kappa shape index (κ1) is 11.6. The van der Waals surface area contributed by atoms with Gasteiger partial charge in [0.25, 0.3) is 9.05 Å². The summed E-state index contributed by atoms with van der Waals surface area (Å²) in [6.07, 6.45) is 0. The molecule has 0 amide bonds. The third-order valence-corrected chi connectivity index (χ3v) is 4.38. The van der Waals surface area contributed by atoms with Crippen LogP contribution in [0.25, 0.3) is 10.6 Å². The van der Waals surface area contributed by atoms with Crippen LogP contribution in [-0.4, -0.2) is 13.4 Å². The minimum absolute atomic E-state index is 0.103. The zero-order chi connectivity index (χ0) is 11.8. The second-order valence-electron chi connectivity index (χ2n) is 3.26. The molecule has 16 heavy (non-hydrogen) atoms. The van der Waals surface area contributed by atoms with E-state index in [0.717, 1.165) is 16.3 Å². The molecule has 0 unspecified atom stereocenters. The van der Waals surface area contributed by atoms with Gasteiger partial charge in [-0.1, -0.05) is 12.1 Å². The molecule has 0 N–H and O–H groups in total. The van der Waals surface area contributed by atoms with Crippen molar-refractivity contribution in [2.24, 2.45) is 0 Å². The Kier molecular flexibility index (Phi) is 3.01. The summed E-state index contributed by atoms with van der Waals surface area (Å²) in [5.41, 5.74) is 1.84. The molecule has 84 valence electrons. The summed E-state index contributed by atoms with van der Waals surface area (Å²) in [4.78, 5) is 4.41. The molecule has 1 aromatic carbocycles. The number of aromatic nitrogens is 1. The maximum atomic E-state index is 11.0. The van der Waals surface area contributed by atoms with E-state index in [4.69, 9.17) is 10.7 Å². The second kappa shape index (κ2) is 4.16. The molecule has 2 rings (SSSR count). The third kappa shape index (κ3) is 2.42. The highest BCUT2D eigenvalue weighted by atomic mass is 35.7. The molecule has 2 aromatic rings. The van der Waals surface area contributed by atoms with Crippen LogP contribution in [-0.2, 0) is 9.05 Å². The van der Waals surface area contributed by atoms with E-state index in [-0.39, 0.29) is 4.90 Å². The zero-order valence-electron chi connectivity index (χ0n) is 8.34. The van der Waals surface area contributed by atoms with Gasteiger partial charge in [-0.25, -0.2) is 13.4 Å². The van der Waals surface area contributed by atoms with E-state index in [0.29, 0.717) is 0 Å². The first-order valence-corrected chi connectivity index (χ1v) is 7.63. The maximum Gasteiger partial charge on any atom is 0.261 e. The fraction of sp³-hybridized carbons (Fsp3) is 0.100. The molecular formula is C10H8ClNO2S2. The van der Waals surface area contributed by atoms with Gasteiger partial charge in [0, 0.05) is 27.3 Å². The van der Waals surface area contributed by atoms with Crippen molar-refractivity contribution in [3.05, 3.63) is 35.3 Å². The van der Waals surface area contributed by atoms with Gasteiger partial charge in [0.15, 0.2) is 0 Å². The Morgan fingerprint density at radius 3 is 2.31 bits per heavy atom. The van der Waals surface area contributed by atoms with E-state index in [1.807, 2.05) is 12.3 Å². The molecule has 0 saturated carbocycles. The van der Waals surface area contributed by atoms with Gasteiger partial charge in [-0.2, -0.15) is 0 Å². The highest BCUT2D eigenvalue weighted by Gasteiger charge is 2.10. The number of hydrogen-bond acceptors (Lipinski definition) is 4. The van der Waals surface area contributed by atoms with Gasteiger partial charge in [-0.15, -0.1) is 11.3 Å². The first-order chi connectivity index (χ1) is 7.47. The van der Waals surface area contributed by atoms with Crippen LogP contribution in [0.5, 0.6) is 0 Å². The van der Waals surface area contributed by atoms with Crippen molar-refractivity contribution in [3.63, 3.8) is 0 Å². The predicted octanol–water partition coefficient (Wildman–Crippen LogP) is 3.05. The van der Waals surface area contributed by atoms with Crippen LogP contribution >= 0.6 is 22.0 Å². The van der Waals surface area contributed by atoms with Gasteiger partial charge in [0.2, 0.25) is 0 Å². The molecule has 0 radical (unpaired) electrons. The molecule has 0 fully saturated rings. The van der Waals surface area contributed by atoms with Crippen LogP contribution in [0, 0.1) is 6.92 Å². The largest absolute Gasteiger partial charge is 0.261 e. The van der Waals surface area contributed by atoms with Crippen molar-refractivity contribution < 1.29 is 8.42 Å². The molecule has 0 spiro atoms. The number of aryl methyl sites for hydroxylation is 1. The Morgan fingerprint density at radius 2 is 1.88 bits per heavy atom. The lowest BCUT2D eigenvalue weighted by Gasteiger charge is -1.98. The normalized spacial score (nSPS) is 11.6. The van der Waals surface area contributed by atoms with Crippen molar-refractivity contribution in [1.82, 2.24) is 4.98 Å². The Bertz CT molecular complexity index is 602. The summed E-state index contributed by atoms with van der Waals surface area (Å²) in [6, 6.07) is 6.36. The third-order valence-electron chi connectivity index (χ3n) is 2.00. The van der Waals surface area contributed by atoms with Crippen LogP contribution in [0.15, 0.2) is 34.5 Å². The van der Waals surface area contributed by atoms with Gasteiger partial charge in [-0.3, -0.25) is 0 Å². The minimum atomic E-state index is -3.64. The highest BCUT2D eigenvalue weighted by molar-refractivity contribution is 8.13. The van der Waals surface area contributed by atoms with Crippen molar-refractivity contribution >= 4 is 31.1 Å². The van der Waals surface area contributed by atoms with Gasteiger partial charge in [-0.05, 0) is 19.1 Å². The summed E-state index contributed by atoms with van der Waals surface area (Å²) < 4.78 is 22.1. The fourth-order valence-electron chi connectivity index (χ4n) is 1.25. The number of nitrogens with zero attached hydrogens (tertiary/aromatic N) is 1. The number of rotatable bonds is 2. The first-order valence-electron chi connectivity index (χ1n) is 4.44. The van der Waals surface area contributed by atoms with E-state index in [1.165, 1.54) is 23.5 Å². The van der Waals surface area contributed by atoms with E-state index in [2.05, 4.69) is 4.98 Å². The second-order valence-corrected chi connectivity index (χ2v) is 6.68. The number of thiazole rings is 1. The van der Waals surface area contributed by atoms with Crippen molar-refractivity contribution in [1.29, 1.82) is 0 Å². The van der Waals surface area contributed by atoms with E-state index in [9.17, 15) is 8.42 Å². The van der Waals surface area contributed by atoms with Gasteiger partial charge < -0.3 is 0 Å². The summed E-state index contributed by atoms with van der Waals surface area (Å²) in [6.45, 7) is 1.91. The van der Waals surface area contributed by atoms with Crippen molar-refractivity contribution in [2.45, 2.75) is 11.8 Å². The number of hydrogen-bond donors (Lipinski definition) is 0. The number of benzene rings is 1. The average molecular weight is 274 g/mol. The lowest BCUT2D eigenvalue weighted by molar-refractivity contribution is 0.609. The predicted molar refractivity (Wildman–Crippen MR) is 65.3 cm³/mol. The Morgan fingerprint density at radius 1 is 1.25 bits per heavy atom. The van der Waals surface area contributed by atoms with Gasteiger partial charge in [0.1, 0.15) is 5.01 Å². The molecule has 1 heterocycles. The zero-order valence-corrected chi connectivity index (χ0v) is 10.7. The monoisotopic (exact) mass is 273 g/mol. The SMILES string of the molecule is Cc1csc(-c2ccc(S(=O)(=O)Cl)cc2)n1. The standard InChI is InChI=1S/C10H8ClNO2S2/c1-7-6-15-10(12-7)8-2-4-9(5-3-8)16(11,13)14/h2-6H,1H3. The van der Waals surface area contributed by atoms with E-state index in [1.54, 1.807) is 12.1 Å². The molecule has 0 aliphatic carbocycles. The van der Waals surface area contributed by atoms with Crippen LogP contribution in [0.3, 0.4) is 0 Å². The highest BCUT2D eigenvalue weighted by Crippen LogP contribution is 2.25. The Labute approximate surface area is 102 Å². The van der Waals surface area contributed by atoms with Crippen LogP contribution in [0.4, 0.5) is 0 Å². The van der Waals surface area contributed by atoms with Crippen LogP contribution in [0.1, 0.15) is 5.69 Å². The molecule has 0 bridgehead atoms. The van der Waals surface area contributed by atoms with E-state index >= 15 is 0 Å². The summed E-state index contributed by atoms with van der Waals surface area (Å²) in [5.74, 6) is 0. The maximum absolute atomic E-state index is 11.0. The number of halogens is 1. The van der Waals surface area contributed by atoms with Gasteiger partial charge in [0.05, 0.1) is 4.90 Å². The molecule has 3 nitrogen and oxygen atoms in total. The van der Waals surface area contributed by atoms with Crippen LogP contribution in [0.2, 0.25) is 0 Å². The average Bonchev–Trinajstić information content (AvgIpc) is 2.64. The van der Waals surface area contributed by atoms with E-state index < -0.39 is 9.05 Å². The molecule has 0 aliphatic rings. The van der Waals surface area contributed by atoms with Crippen molar-refractivity contribution in [3.8, 4) is 10.6 Å². The Balaban J connectivity index is 2.40. The molecular weight excluding hydrogens is 266 g/mol. The van der Waals surface area contributed by atoms with Crippen LogP contribution < -0.4 is 0 Å². The smallest absolute Gasteiger partial charge is 0.241 e. The topological polar surface area (TPSA) is 47.0 Å². The lowest BCUT2D eigenvalue weighted by atomic mass is 10.2. The quantitative estimate of drug-likeness (QED) is 0.790. The molecule has 0 atom stereocenters. The summed E-state index contributed by atoms with van der Waals surface area (Å²) in [5, 5.41) is 2.82. The van der Waals surface area contributed by atoms with Gasteiger partial charge >= 0.3 is 0 Å². The van der Waals surface area contributed by atoms with Crippen molar-refractivity contribution in [2.75, 3.05) is 0 Å². The lowest BCUT2D eigenvalue weighted by Crippen LogP contribution is -1.89. The molecule has 0 aliphatic heterocycles. The fourth-order valence-corrected chi connectivity index (χ4v) is 2.82. The minimum Gasteiger partial charge on any atom is -0.241 e. The summed E-state index contributed by atoms with van der Waals surface area (Å²) in [7, 11) is 1.58. The molecule has 1 aromatic heterocycles. The summed E-state index contributed by atoms with van der Waals surface area (Å²) >= 11 is 1.52. The Hall–Kier alpha value is -0.910.